The van der Waals surface area contributed by atoms with Crippen LogP contribution in [0.1, 0.15) is 20.3 Å². The predicted molar refractivity (Wildman–Crippen MR) is 38.0 cm³/mol. The van der Waals surface area contributed by atoms with Crippen LogP contribution in [0.5, 0.6) is 0 Å². The van der Waals surface area contributed by atoms with Gasteiger partial charge in [0, 0.05) is 0 Å². The molecule has 1 rings (SSSR count). The van der Waals surface area contributed by atoms with E-state index in [4.69, 9.17) is 0 Å². The van der Waals surface area contributed by atoms with Gasteiger partial charge in [-0.15, -0.1) is 0 Å². The first-order valence-electron chi connectivity index (χ1n) is 3.63. The fourth-order valence-corrected chi connectivity index (χ4v) is 1.35. The summed E-state index contributed by atoms with van der Waals surface area (Å²) in [6.45, 7) is 3.55. The topological polar surface area (TPSA) is 51.2 Å². The molecule has 0 aromatic heterocycles. The molecule has 1 aliphatic rings. The third-order valence-electron chi connectivity index (χ3n) is 1.91. The van der Waals surface area contributed by atoms with Crippen molar-refractivity contribution in [2.24, 2.45) is 11.8 Å². The zero-order valence-electron chi connectivity index (χ0n) is 6.59. The minimum atomic E-state index is -0.650. The molecule has 11 heavy (non-hydrogen) atoms. The van der Waals surface area contributed by atoms with Crippen molar-refractivity contribution < 1.29 is 14.4 Å². The van der Waals surface area contributed by atoms with E-state index in [-0.39, 0.29) is 18.1 Å². The smallest absolute Gasteiger partial charge is 0.209 e. The van der Waals surface area contributed by atoms with Crippen LogP contribution in [0.4, 0.5) is 0 Å². The van der Waals surface area contributed by atoms with Crippen LogP contribution in [0.2, 0.25) is 0 Å². The maximum absolute atomic E-state index is 11.0. The van der Waals surface area contributed by atoms with Crippen LogP contribution in [0.25, 0.3) is 0 Å². The average molecular weight is 154 g/mol. The van der Waals surface area contributed by atoms with Crippen molar-refractivity contribution in [3.8, 4) is 0 Å². The highest BCUT2D eigenvalue weighted by atomic mass is 16.2. The zero-order valence-corrected chi connectivity index (χ0v) is 6.59. The molecule has 0 aromatic rings. The van der Waals surface area contributed by atoms with Crippen molar-refractivity contribution in [1.29, 1.82) is 0 Å². The highest BCUT2D eigenvalue weighted by molar-refractivity contribution is 6.49. The summed E-state index contributed by atoms with van der Waals surface area (Å²) in [6.07, 6.45) is -0.179. The van der Waals surface area contributed by atoms with Gasteiger partial charge in [0.05, 0.1) is 12.3 Å². The third-order valence-corrected chi connectivity index (χ3v) is 1.91. The first-order chi connectivity index (χ1) is 5.04. The van der Waals surface area contributed by atoms with Crippen LogP contribution >= 0.6 is 0 Å². The van der Waals surface area contributed by atoms with Crippen LogP contribution in [0.3, 0.4) is 0 Å². The summed E-state index contributed by atoms with van der Waals surface area (Å²) in [4.78, 5) is 32.7. The van der Waals surface area contributed by atoms with Gasteiger partial charge >= 0.3 is 0 Å². The van der Waals surface area contributed by atoms with Gasteiger partial charge in [-0.2, -0.15) is 0 Å². The maximum atomic E-state index is 11.0. The molecule has 1 unspecified atom stereocenters. The molecular weight excluding hydrogens is 144 g/mol. The summed E-state index contributed by atoms with van der Waals surface area (Å²) in [5.41, 5.74) is 0. The number of hydrogen-bond acceptors (Lipinski definition) is 3. The highest BCUT2D eigenvalue weighted by Gasteiger charge is 2.41. The van der Waals surface area contributed by atoms with Crippen LogP contribution in [-0.4, -0.2) is 17.3 Å². The van der Waals surface area contributed by atoms with Gasteiger partial charge in [0.25, 0.3) is 0 Å². The normalized spacial score (nSPS) is 25.4. The molecule has 3 heteroatoms. The number of carbonyl (C=O) groups excluding carboxylic acids is 3. The van der Waals surface area contributed by atoms with Gasteiger partial charge in [-0.05, 0) is 5.92 Å². The predicted octanol–water partition coefficient (Wildman–Crippen LogP) is 0.370. The highest BCUT2D eigenvalue weighted by Crippen LogP contribution is 2.22. The molecular formula is C8H10O3. The number of hydrogen-bond donors (Lipinski definition) is 0. The SMILES string of the molecule is CC(C)C1C(=O)CC(=O)C1=O. The van der Waals surface area contributed by atoms with E-state index in [0.717, 1.165) is 0 Å². The van der Waals surface area contributed by atoms with Crippen molar-refractivity contribution in [3.63, 3.8) is 0 Å². The second-order valence-electron chi connectivity index (χ2n) is 3.15. The summed E-state index contributed by atoms with van der Waals surface area (Å²) in [7, 11) is 0. The summed E-state index contributed by atoms with van der Waals surface area (Å²) >= 11 is 0. The lowest BCUT2D eigenvalue weighted by Crippen LogP contribution is -2.22. The van der Waals surface area contributed by atoms with Gasteiger partial charge in [0.1, 0.15) is 0 Å². The molecule has 0 amide bonds. The zero-order chi connectivity index (χ0) is 8.59. The van der Waals surface area contributed by atoms with E-state index in [0.29, 0.717) is 0 Å². The Labute approximate surface area is 64.8 Å². The molecule has 60 valence electrons. The number of carbonyl (C=O) groups is 3. The quantitative estimate of drug-likeness (QED) is 0.405. The van der Waals surface area contributed by atoms with E-state index in [1.807, 2.05) is 0 Å². The lowest BCUT2D eigenvalue weighted by Gasteiger charge is -2.07. The molecule has 0 heterocycles. The Morgan fingerprint density at radius 2 is 1.82 bits per heavy atom. The fourth-order valence-electron chi connectivity index (χ4n) is 1.35. The van der Waals surface area contributed by atoms with Crippen molar-refractivity contribution in [3.05, 3.63) is 0 Å². The van der Waals surface area contributed by atoms with E-state index in [2.05, 4.69) is 0 Å². The average Bonchev–Trinajstić information content (AvgIpc) is 2.07. The Morgan fingerprint density at radius 1 is 1.27 bits per heavy atom. The molecule has 1 aliphatic carbocycles. The minimum Gasteiger partial charge on any atom is -0.298 e. The molecule has 0 aliphatic heterocycles. The van der Waals surface area contributed by atoms with E-state index in [9.17, 15) is 14.4 Å². The van der Waals surface area contributed by atoms with Crippen LogP contribution in [0, 0.1) is 11.8 Å². The standard InChI is InChI=1S/C8H10O3/c1-4(2)7-5(9)3-6(10)8(7)11/h4,7H,3H2,1-2H3. The molecule has 0 bridgehead atoms. The van der Waals surface area contributed by atoms with Gasteiger partial charge in [0.2, 0.25) is 11.6 Å². The van der Waals surface area contributed by atoms with Gasteiger partial charge in [-0.1, -0.05) is 13.8 Å². The molecule has 1 saturated carbocycles. The summed E-state index contributed by atoms with van der Waals surface area (Å²) < 4.78 is 0. The number of Topliss-reactive ketones (excluding diaryl/α,β-unsaturated/α-hetero) is 3. The number of rotatable bonds is 1. The molecule has 0 N–H and O–H groups in total. The summed E-state index contributed by atoms with van der Waals surface area (Å²) in [5.74, 6) is -1.92. The molecule has 3 nitrogen and oxygen atoms in total. The first kappa shape index (κ1) is 8.11. The van der Waals surface area contributed by atoms with Crippen molar-refractivity contribution in [2.75, 3.05) is 0 Å². The maximum Gasteiger partial charge on any atom is 0.209 e. The summed E-state index contributed by atoms with van der Waals surface area (Å²) in [6, 6.07) is 0. The van der Waals surface area contributed by atoms with Gasteiger partial charge in [-0.25, -0.2) is 0 Å². The molecule has 0 aromatic carbocycles. The van der Waals surface area contributed by atoms with Gasteiger partial charge < -0.3 is 0 Å². The van der Waals surface area contributed by atoms with Gasteiger partial charge in [0.15, 0.2) is 5.78 Å². The lowest BCUT2D eigenvalue weighted by molar-refractivity contribution is -0.136. The van der Waals surface area contributed by atoms with E-state index >= 15 is 0 Å². The summed E-state index contributed by atoms with van der Waals surface area (Å²) in [5, 5.41) is 0. The van der Waals surface area contributed by atoms with Crippen LogP contribution < -0.4 is 0 Å². The second-order valence-corrected chi connectivity index (χ2v) is 3.15. The minimum absolute atomic E-state index is 0.0403. The Bertz CT molecular complexity index is 227. The Balaban J connectivity index is 2.88. The first-order valence-corrected chi connectivity index (χ1v) is 3.63. The van der Waals surface area contributed by atoms with E-state index < -0.39 is 17.5 Å². The molecule has 1 atom stereocenters. The molecule has 0 spiro atoms. The van der Waals surface area contributed by atoms with Crippen molar-refractivity contribution >= 4 is 17.3 Å². The van der Waals surface area contributed by atoms with Crippen LogP contribution in [0.15, 0.2) is 0 Å². The Hall–Kier alpha value is -0.990. The largest absolute Gasteiger partial charge is 0.298 e. The molecule has 1 fully saturated rings. The van der Waals surface area contributed by atoms with Crippen molar-refractivity contribution in [1.82, 2.24) is 0 Å². The monoisotopic (exact) mass is 154 g/mol. The molecule has 0 saturated heterocycles. The third kappa shape index (κ3) is 1.23. The fraction of sp³-hybridized carbons (Fsp3) is 0.625. The lowest BCUT2D eigenvalue weighted by atomic mass is 9.93. The number of ketones is 3. The van der Waals surface area contributed by atoms with E-state index in [1.54, 1.807) is 13.8 Å². The Morgan fingerprint density at radius 3 is 2.00 bits per heavy atom. The van der Waals surface area contributed by atoms with Crippen molar-refractivity contribution in [2.45, 2.75) is 20.3 Å². The molecule has 0 radical (unpaired) electrons. The van der Waals surface area contributed by atoms with E-state index in [1.165, 1.54) is 0 Å². The Kier molecular flexibility index (Phi) is 1.89. The van der Waals surface area contributed by atoms with Crippen LogP contribution in [-0.2, 0) is 14.4 Å². The second kappa shape index (κ2) is 2.57. The van der Waals surface area contributed by atoms with Gasteiger partial charge in [-0.3, -0.25) is 14.4 Å².